The fourth-order valence-electron chi connectivity index (χ4n) is 2.67. The number of hydrogen-bond acceptors (Lipinski definition) is 8. The van der Waals surface area contributed by atoms with E-state index in [2.05, 4.69) is 15.2 Å². The van der Waals surface area contributed by atoms with Gasteiger partial charge in [-0.3, -0.25) is 0 Å². The highest BCUT2D eigenvalue weighted by molar-refractivity contribution is 8.14. The molecule has 0 unspecified atom stereocenters. The van der Waals surface area contributed by atoms with Gasteiger partial charge < -0.3 is 9.47 Å². The van der Waals surface area contributed by atoms with Crippen molar-refractivity contribution < 1.29 is 22.3 Å². The first kappa shape index (κ1) is 22.8. The van der Waals surface area contributed by atoms with E-state index in [1.807, 2.05) is 0 Å². The van der Waals surface area contributed by atoms with Crippen molar-refractivity contribution in [1.29, 1.82) is 0 Å². The van der Waals surface area contributed by atoms with Crippen LogP contribution < -0.4 is 13.2 Å². The first-order chi connectivity index (χ1) is 14.9. The van der Waals surface area contributed by atoms with Gasteiger partial charge in [0.1, 0.15) is 23.8 Å². The van der Waals surface area contributed by atoms with Crippen molar-refractivity contribution in [3.63, 3.8) is 0 Å². The highest BCUT2D eigenvalue weighted by Gasteiger charge is 2.25. The molecule has 0 amide bonds. The van der Waals surface area contributed by atoms with E-state index in [1.54, 1.807) is 49.6 Å². The largest absolute Gasteiger partial charge is 0.478 e. The molecule has 0 aliphatic rings. The van der Waals surface area contributed by atoms with Crippen LogP contribution in [0.15, 0.2) is 48.5 Å². The zero-order valence-electron chi connectivity index (χ0n) is 17.1. The van der Waals surface area contributed by atoms with Gasteiger partial charge in [0.05, 0.1) is 18.6 Å². The number of halogens is 1. The third kappa shape index (κ3) is 5.42. The molecule has 0 spiro atoms. The van der Waals surface area contributed by atoms with Crippen molar-refractivity contribution in [1.82, 2.24) is 15.2 Å². The number of aromatic nitrogens is 3. The Labute approximate surface area is 184 Å². The van der Waals surface area contributed by atoms with Crippen LogP contribution in [0.25, 0.3) is 11.4 Å². The molecule has 0 fully saturated rings. The van der Waals surface area contributed by atoms with Crippen LogP contribution in [0.1, 0.15) is 12.5 Å². The minimum atomic E-state index is -3.57. The molecule has 31 heavy (non-hydrogen) atoms. The monoisotopic (exact) mass is 464 g/mol. The summed E-state index contributed by atoms with van der Waals surface area (Å²) in [5, 5.41) is 8.11. The Morgan fingerprint density at radius 1 is 1.10 bits per heavy atom. The van der Waals surface area contributed by atoms with Crippen LogP contribution in [0.4, 0.5) is 10.1 Å². The summed E-state index contributed by atoms with van der Waals surface area (Å²) in [4.78, 5) is 4.41. The molecule has 0 atom stereocenters. The Balaban J connectivity index is 1.91. The van der Waals surface area contributed by atoms with Gasteiger partial charge in [0.15, 0.2) is 0 Å². The van der Waals surface area contributed by atoms with Crippen LogP contribution >= 0.6 is 11.9 Å². The van der Waals surface area contributed by atoms with E-state index >= 15 is 0 Å². The predicted molar refractivity (Wildman–Crippen MR) is 118 cm³/mol. The van der Waals surface area contributed by atoms with E-state index in [0.29, 0.717) is 22.8 Å². The quantitative estimate of drug-likeness (QED) is 0.443. The third-order valence-corrected chi connectivity index (χ3v) is 7.26. The Kier molecular flexibility index (Phi) is 7.29. The molecule has 3 aromatic rings. The molecular formula is C20H21FN4O4S2. The average Bonchev–Trinajstić information content (AvgIpc) is 2.78. The van der Waals surface area contributed by atoms with Crippen LogP contribution in [-0.4, -0.2) is 42.7 Å². The van der Waals surface area contributed by atoms with Gasteiger partial charge in [-0.2, -0.15) is 0 Å². The molecule has 2 heterocycles. The van der Waals surface area contributed by atoms with E-state index < -0.39 is 10.0 Å². The highest BCUT2D eigenvalue weighted by atomic mass is 32.3. The SMILES string of the molecule is CCS(=O)(=O)N(SC)c1cc(-c2cccc(OCc3cccc(F)c3)n2)nnc1OC. The Bertz CT molecular complexity index is 1160. The fourth-order valence-corrected chi connectivity index (χ4v) is 4.89. The third-order valence-electron chi connectivity index (χ3n) is 4.18. The summed E-state index contributed by atoms with van der Waals surface area (Å²) in [6.07, 6.45) is 1.64. The first-order valence-electron chi connectivity index (χ1n) is 9.21. The minimum Gasteiger partial charge on any atom is -0.478 e. The van der Waals surface area contributed by atoms with Crippen molar-refractivity contribution in [3.8, 4) is 23.1 Å². The molecule has 0 N–H and O–H groups in total. The van der Waals surface area contributed by atoms with Crippen molar-refractivity contribution in [2.75, 3.05) is 22.8 Å². The topological polar surface area (TPSA) is 94.5 Å². The van der Waals surface area contributed by atoms with Crippen LogP contribution in [-0.2, 0) is 16.6 Å². The van der Waals surface area contributed by atoms with Crippen molar-refractivity contribution in [3.05, 3.63) is 59.9 Å². The summed E-state index contributed by atoms with van der Waals surface area (Å²) in [6, 6.07) is 12.7. The van der Waals surface area contributed by atoms with E-state index in [-0.39, 0.29) is 29.7 Å². The molecule has 11 heteroatoms. The number of methoxy groups -OCH3 is 1. The molecule has 3 rings (SSSR count). The number of benzene rings is 1. The second kappa shape index (κ2) is 9.92. The zero-order valence-corrected chi connectivity index (χ0v) is 18.8. The molecule has 8 nitrogen and oxygen atoms in total. The standard InChI is InChI=1S/C20H21FN4O4S2/c1-4-31(26,27)25(30-3)18-12-17(23-24-20(18)28-2)16-9-6-10-19(22-16)29-13-14-7-5-8-15(21)11-14/h5-12H,4,13H2,1-3H3. The number of rotatable bonds is 9. The normalized spacial score (nSPS) is 11.2. The van der Waals surface area contributed by atoms with Crippen molar-refractivity contribution in [2.45, 2.75) is 13.5 Å². The number of pyridine rings is 1. The lowest BCUT2D eigenvalue weighted by Gasteiger charge is -2.21. The van der Waals surface area contributed by atoms with Gasteiger partial charge >= 0.3 is 0 Å². The lowest BCUT2D eigenvalue weighted by Crippen LogP contribution is -2.26. The molecule has 0 bridgehead atoms. The van der Waals surface area contributed by atoms with Gasteiger partial charge in [-0.25, -0.2) is 21.5 Å². The maximum absolute atomic E-state index is 13.3. The van der Waals surface area contributed by atoms with Gasteiger partial charge in [-0.1, -0.05) is 18.2 Å². The Morgan fingerprint density at radius 3 is 2.55 bits per heavy atom. The van der Waals surface area contributed by atoms with E-state index in [4.69, 9.17) is 9.47 Å². The van der Waals surface area contributed by atoms with Crippen LogP contribution in [0.3, 0.4) is 0 Å². The molecule has 0 saturated heterocycles. The van der Waals surface area contributed by atoms with Gasteiger partial charge in [0, 0.05) is 12.3 Å². The van der Waals surface area contributed by atoms with E-state index in [1.165, 1.54) is 19.2 Å². The number of hydrogen-bond donors (Lipinski definition) is 0. The van der Waals surface area contributed by atoms with Gasteiger partial charge in [0.2, 0.25) is 15.9 Å². The first-order valence-corrected chi connectivity index (χ1v) is 12.0. The molecule has 164 valence electrons. The van der Waals surface area contributed by atoms with Crippen molar-refractivity contribution >= 4 is 27.7 Å². The average molecular weight is 465 g/mol. The molecule has 0 saturated carbocycles. The van der Waals surface area contributed by atoms with Crippen LogP contribution in [0.2, 0.25) is 0 Å². The second-order valence-electron chi connectivity index (χ2n) is 6.21. The summed E-state index contributed by atoms with van der Waals surface area (Å²) >= 11 is 1.02. The molecule has 0 aliphatic carbocycles. The maximum atomic E-state index is 13.3. The van der Waals surface area contributed by atoms with Gasteiger partial charge in [-0.15, -0.1) is 10.2 Å². The molecular weight excluding hydrogens is 443 g/mol. The zero-order chi connectivity index (χ0) is 22.4. The molecule has 2 aromatic heterocycles. The van der Waals surface area contributed by atoms with E-state index in [9.17, 15) is 12.8 Å². The Hall–Kier alpha value is -2.92. The number of nitrogens with zero attached hydrogens (tertiary/aromatic N) is 4. The smallest absolute Gasteiger partial charge is 0.259 e. The van der Waals surface area contributed by atoms with Gasteiger partial charge in [0.25, 0.3) is 5.88 Å². The molecule has 0 aliphatic heterocycles. The van der Waals surface area contributed by atoms with Crippen LogP contribution in [0, 0.1) is 5.82 Å². The number of anilines is 1. The lowest BCUT2D eigenvalue weighted by molar-refractivity contribution is 0.293. The Morgan fingerprint density at radius 2 is 1.87 bits per heavy atom. The lowest BCUT2D eigenvalue weighted by atomic mass is 10.2. The summed E-state index contributed by atoms with van der Waals surface area (Å²) in [5.41, 5.74) is 1.69. The number of ether oxygens (including phenoxy) is 2. The van der Waals surface area contributed by atoms with Gasteiger partial charge in [-0.05, 0) is 48.7 Å². The van der Waals surface area contributed by atoms with Crippen LogP contribution in [0.5, 0.6) is 11.8 Å². The summed E-state index contributed by atoms with van der Waals surface area (Å²) < 4.78 is 50.3. The van der Waals surface area contributed by atoms with E-state index in [0.717, 1.165) is 15.7 Å². The molecule has 1 aromatic carbocycles. The fraction of sp³-hybridized carbons (Fsp3) is 0.250. The minimum absolute atomic E-state index is 0.0774. The van der Waals surface area contributed by atoms with Crippen molar-refractivity contribution in [2.24, 2.45) is 0 Å². The molecule has 0 radical (unpaired) electrons. The number of sulfonamides is 1. The predicted octanol–water partition coefficient (Wildman–Crippen LogP) is 3.70. The summed E-state index contributed by atoms with van der Waals surface area (Å²) in [6.45, 7) is 1.70. The highest BCUT2D eigenvalue weighted by Crippen LogP contribution is 2.34. The summed E-state index contributed by atoms with van der Waals surface area (Å²) in [5.74, 6) is -0.0438. The second-order valence-corrected chi connectivity index (χ2v) is 9.28. The maximum Gasteiger partial charge on any atom is 0.259 e. The summed E-state index contributed by atoms with van der Waals surface area (Å²) in [7, 11) is -2.18.